The maximum Gasteiger partial charge on any atom is 0.0332 e. The summed E-state index contributed by atoms with van der Waals surface area (Å²) < 4.78 is 0. The Bertz CT molecular complexity index is 706. The molecule has 0 spiro atoms. The predicted molar refractivity (Wildman–Crippen MR) is 93.3 cm³/mol. The normalized spacial score (nSPS) is 18.6. The van der Waals surface area contributed by atoms with Gasteiger partial charge in [0.15, 0.2) is 0 Å². The number of fused-ring (bicyclic) bond motifs is 2. The van der Waals surface area contributed by atoms with Crippen molar-refractivity contribution in [2.24, 2.45) is 0 Å². The molecule has 0 aliphatic carbocycles. The highest BCUT2D eigenvalue weighted by atomic mass is 35.5. The molecule has 21 heavy (non-hydrogen) atoms. The molecule has 1 N–H and O–H groups in total. The number of hydrogen-bond donors (Lipinski definition) is 1. The average molecular weight is 298 g/mol. The molecule has 1 heterocycles. The van der Waals surface area contributed by atoms with Crippen LogP contribution in [0, 0.1) is 0 Å². The van der Waals surface area contributed by atoms with Crippen LogP contribution in [0.15, 0.2) is 54.6 Å². The van der Waals surface area contributed by atoms with Gasteiger partial charge in [-0.25, -0.2) is 0 Å². The molecule has 3 aromatic rings. The van der Waals surface area contributed by atoms with Crippen LogP contribution in [0.2, 0.25) is 0 Å². The molecule has 1 nitrogen and oxygen atoms in total. The lowest BCUT2D eigenvalue weighted by Gasteiger charge is -2.26. The molecule has 1 saturated heterocycles. The summed E-state index contributed by atoms with van der Waals surface area (Å²) in [7, 11) is 0. The second kappa shape index (κ2) is 6.05. The van der Waals surface area contributed by atoms with Gasteiger partial charge >= 0.3 is 0 Å². The molecule has 1 aliphatic rings. The van der Waals surface area contributed by atoms with E-state index in [1.165, 1.54) is 46.4 Å². The summed E-state index contributed by atoms with van der Waals surface area (Å²) in [6.45, 7) is 1.14. The molecule has 1 atom stereocenters. The van der Waals surface area contributed by atoms with Crippen molar-refractivity contribution in [2.75, 3.05) is 6.54 Å². The zero-order valence-electron chi connectivity index (χ0n) is 12.0. The average Bonchev–Trinajstić information content (AvgIpc) is 2.53. The molecule has 2 heteroatoms. The molecule has 108 valence electrons. The second-order valence-corrected chi connectivity index (χ2v) is 5.74. The highest BCUT2D eigenvalue weighted by Gasteiger charge is 2.19. The molecule has 0 radical (unpaired) electrons. The maximum atomic E-state index is 3.72. The maximum absolute atomic E-state index is 3.72. The van der Waals surface area contributed by atoms with Gasteiger partial charge in [-0.1, -0.05) is 55.0 Å². The lowest BCUT2D eigenvalue weighted by Crippen LogP contribution is -2.27. The SMILES string of the molecule is Cl.c1ccc2c([C@@H]3CCCCN3)c3ccccc3cc2c1. The van der Waals surface area contributed by atoms with E-state index in [9.17, 15) is 0 Å². The molecule has 0 unspecified atom stereocenters. The Kier molecular flexibility index (Phi) is 4.14. The summed E-state index contributed by atoms with van der Waals surface area (Å²) in [6.07, 6.45) is 3.88. The van der Waals surface area contributed by atoms with Gasteiger partial charge in [0.05, 0.1) is 0 Å². The Morgan fingerprint density at radius 3 is 2.00 bits per heavy atom. The van der Waals surface area contributed by atoms with E-state index in [-0.39, 0.29) is 12.4 Å². The topological polar surface area (TPSA) is 12.0 Å². The van der Waals surface area contributed by atoms with Crippen molar-refractivity contribution >= 4 is 34.0 Å². The Labute approximate surface area is 131 Å². The zero-order valence-corrected chi connectivity index (χ0v) is 12.8. The minimum absolute atomic E-state index is 0. The lowest BCUT2D eigenvalue weighted by molar-refractivity contribution is 0.416. The van der Waals surface area contributed by atoms with Crippen molar-refractivity contribution in [3.05, 3.63) is 60.2 Å². The highest BCUT2D eigenvalue weighted by Crippen LogP contribution is 2.35. The van der Waals surface area contributed by atoms with Gasteiger partial charge in [-0.2, -0.15) is 0 Å². The Morgan fingerprint density at radius 2 is 1.43 bits per heavy atom. The molecule has 0 saturated carbocycles. The van der Waals surface area contributed by atoms with Crippen LogP contribution in [0.1, 0.15) is 30.9 Å². The van der Waals surface area contributed by atoms with Gasteiger partial charge in [-0.3, -0.25) is 0 Å². The summed E-state index contributed by atoms with van der Waals surface area (Å²) in [4.78, 5) is 0. The molecular formula is C19H20ClN. The van der Waals surface area contributed by atoms with E-state index < -0.39 is 0 Å². The number of piperidine rings is 1. The fraction of sp³-hybridized carbons (Fsp3) is 0.263. The fourth-order valence-electron chi connectivity index (χ4n) is 3.52. The lowest BCUT2D eigenvalue weighted by atomic mass is 9.88. The first-order chi connectivity index (χ1) is 9.93. The van der Waals surface area contributed by atoms with Crippen molar-refractivity contribution < 1.29 is 0 Å². The van der Waals surface area contributed by atoms with E-state index in [2.05, 4.69) is 59.9 Å². The van der Waals surface area contributed by atoms with Gasteiger partial charge in [0.1, 0.15) is 0 Å². The number of rotatable bonds is 1. The number of halogens is 1. The van der Waals surface area contributed by atoms with Crippen molar-refractivity contribution in [2.45, 2.75) is 25.3 Å². The zero-order chi connectivity index (χ0) is 13.4. The van der Waals surface area contributed by atoms with Crippen molar-refractivity contribution in [1.82, 2.24) is 5.32 Å². The molecule has 0 amide bonds. The summed E-state index contributed by atoms with van der Waals surface area (Å²) in [5.74, 6) is 0. The predicted octanol–water partition coefficient (Wildman–Crippen LogP) is 5.23. The number of benzene rings is 3. The van der Waals surface area contributed by atoms with Crippen LogP contribution in [0.3, 0.4) is 0 Å². The van der Waals surface area contributed by atoms with Crippen LogP contribution in [0.25, 0.3) is 21.5 Å². The molecular weight excluding hydrogens is 278 g/mol. The van der Waals surface area contributed by atoms with Crippen molar-refractivity contribution in [3.63, 3.8) is 0 Å². The Hall–Kier alpha value is -1.57. The third-order valence-corrected chi connectivity index (χ3v) is 4.47. The minimum atomic E-state index is 0. The van der Waals surface area contributed by atoms with Crippen LogP contribution >= 0.6 is 12.4 Å². The van der Waals surface area contributed by atoms with E-state index in [0.717, 1.165) is 6.54 Å². The molecule has 1 fully saturated rings. The van der Waals surface area contributed by atoms with Crippen LogP contribution in [-0.4, -0.2) is 6.54 Å². The Balaban J connectivity index is 0.00000132. The molecule has 0 bridgehead atoms. The summed E-state index contributed by atoms with van der Waals surface area (Å²) in [5, 5.41) is 9.25. The molecule has 1 aliphatic heterocycles. The summed E-state index contributed by atoms with van der Waals surface area (Å²) >= 11 is 0. The monoisotopic (exact) mass is 297 g/mol. The van der Waals surface area contributed by atoms with Crippen LogP contribution in [-0.2, 0) is 0 Å². The largest absolute Gasteiger partial charge is 0.310 e. The van der Waals surface area contributed by atoms with Gasteiger partial charge in [0.2, 0.25) is 0 Å². The van der Waals surface area contributed by atoms with Crippen LogP contribution in [0.4, 0.5) is 0 Å². The van der Waals surface area contributed by atoms with E-state index in [1.54, 1.807) is 0 Å². The number of nitrogens with one attached hydrogen (secondary N) is 1. The molecule has 4 rings (SSSR count). The van der Waals surface area contributed by atoms with Gasteiger partial charge < -0.3 is 5.32 Å². The van der Waals surface area contributed by atoms with E-state index in [0.29, 0.717) is 6.04 Å². The van der Waals surface area contributed by atoms with Gasteiger partial charge in [-0.15, -0.1) is 12.4 Å². The Morgan fingerprint density at radius 1 is 0.810 bits per heavy atom. The van der Waals surface area contributed by atoms with Gasteiger partial charge in [-0.05, 0) is 52.6 Å². The van der Waals surface area contributed by atoms with Gasteiger partial charge in [0, 0.05) is 6.04 Å². The standard InChI is InChI=1S/C19H19N.ClH/c1-3-9-16-14(7-1)13-15-8-2-4-10-17(15)19(16)18-11-5-6-12-20-18;/h1-4,7-10,13,18,20H,5-6,11-12H2;1H/t18-;/m0./s1. The van der Waals surface area contributed by atoms with Crippen molar-refractivity contribution in [1.29, 1.82) is 0 Å². The molecule has 0 aromatic heterocycles. The second-order valence-electron chi connectivity index (χ2n) is 5.74. The van der Waals surface area contributed by atoms with E-state index >= 15 is 0 Å². The summed E-state index contributed by atoms with van der Waals surface area (Å²) in [6, 6.07) is 20.4. The van der Waals surface area contributed by atoms with E-state index in [1.807, 2.05) is 0 Å². The minimum Gasteiger partial charge on any atom is -0.310 e. The summed E-state index contributed by atoms with van der Waals surface area (Å²) in [5.41, 5.74) is 1.50. The first kappa shape index (κ1) is 14.4. The van der Waals surface area contributed by atoms with Crippen LogP contribution in [0.5, 0.6) is 0 Å². The number of hydrogen-bond acceptors (Lipinski definition) is 1. The highest BCUT2D eigenvalue weighted by molar-refractivity contribution is 6.02. The smallest absolute Gasteiger partial charge is 0.0332 e. The first-order valence-electron chi connectivity index (χ1n) is 7.57. The third kappa shape index (κ3) is 2.52. The fourth-order valence-corrected chi connectivity index (χ4v) is 3.52. The quantitative estimate of drug-likeness (QED) is 0.607. The van der Waals surface area contributed by atoms with Crippen molar-refractivity contribution in [3.8, 4) is 0 Å². The van der Waals surface area contributed by atoms with Crippen LogP contribution < -0.4 is 5.32 Å². The third-order valence-electron chi connectivity index (χ3n) is 4.47. The van der Waals surface area contributed by atoms with Gasteiger partial charge in [0.25, 0.3) is 0 Å². The first-order valence-corrected chi connectivity index (χ1v) is 7.57. The molecule has 3 aromatic carbocycles. The van der Waals surface area contributed by atoms with E-state index in [4.69, 9.17) is 0 Å².